The number of anilines is 2. The summed E-state index contributed by atoms with van der Waals surface area (Å²) in [7, 11) is 1.77. The first-order valence-corrected chi connectivity index (χ1v) is 10.2. The molecule has 0 saturated carbocycles. The number of H-pyrrole nitrogens is 1. The number of aromatic amines is 1. The fraction of sp³-hybridized carbons (Fsp3) is 0.333. The van der Waals surface area contributed by atoms with Crippen molar-refractivity contribution in [2.75, 3.05) is 36.9 Å². The summed E-state index contributed by atoms with van der Waals surface area (Å²) in [6, 6.07) is 3.64. The lowest BCUT2D eigenvalue weighted by atomic mass is 9.96. The fourth-order valence-electron chi connectivity index (χ4n) is 4.46. The van der Waals surface area contributed by atoms with E-state index in [4.69, 9.17) is 9.72 Å². The summed E-state index contributed by atoms with van der Waals surface area (Å²) in [5.41, 5.74) is 2.04. The molecule has 31 heavy (non-hydrogen) atoms. The monoisotopic (exact) mass is 420 g/mol. The lowest BCUT2D eigenvalue weighted by Crippen LogP contribution is -2.51. The van der Waals surface area contributed by atoms with Gasteiger partial charge in [-0.05, 0) is 19.1 Å². The van der Waals surface area contributed by atoms with Gasteiger partial charge in [0, 0.05) is 44.0 Å². The van der Waals surface area contributed by atoms with E-state index in [-0.39, 0.29) is 11.8 Å². The molecule has 2 atom stereocenters. The van der Waals surface area contributed by atoms with Crippen LogP contribution in [0.15, 0.2) is 24.5 Å². The average molecular weight is 420 g/mol. The first kappa shape index (κ1) is 18.3. The van der Waals surface area contributed by atoms with Crippen LogP contribution in [0.1, 0.15) is 5.82 Å². The van der Waals surface area contributed by atoms with Crippen molar-refractivity contribution in [1.29, 1.82) is 0 Å². The topological polar surface area (TPSA) is 104 Å². The maximum Gasteiger partial charge on any atom is 0.326 e. The molecular formula is C21H21FN8O. The molecule has 2 unspecified atom stereocenters. The van der Waals surface area contributed by atoms with Crippen LogP contribution >= 0.6 is 0 Å². The largest absolute Gasteiger partial charge is 0.421 e. The van der Waals surface area contributed by atoms with Crippen molar-refractivity contribution >= 4 is 33.4 Å². The summed E-state index contributed by atoms with van der Waals surface area (Å²) in [6.07, 6.45) is 3.19. The van der Waals surface area contributed by atoms with E-state index in [0.717, 1.165) is 41.7 Å². The molecule has 0 amide bonds. The zero-order chi connectivity index (χ0) is 21.1. The number of aromatic nitrogens is 5. The Bertz CT molecular complexity index is 1290. The van der Waals surface area contributed by atoms with Gasteiger partial charge in [-0.1, -0.05) is 0 Å². The van der Waals surface area contributed by atoms with E-state index in [2.05, 4.69) is 35.5 Å². The van der Waals surface area contributed by atoms with Gasteiger partial charge in [0.05, 0.1) is 29.0 Å². The Morgan fingerprint density at radius 1 is 1.19 bits per heavy atom. The van der Waals surface area contributed by atoms with Gasteiger partial charge < -0.3 is 25.3 Å². The second-order valence-electron chi connectivity index (χ2n) is 8.05. The number of hydrogen-bond donors (Lipinski definition) is 3. The van der Waals surface area contributed by atoms with E-state index >= 15 is 0 Å². The molecule has 158 valence electrons. The van der Waals surface area contributed by atoms with E-state index < -0.39 is 0 Å². The van der Waals surface area contributed by atoms with Crippen LogP contribution in [0.2, 0.25) is 0 Å². The highest BCUT2D eigenvalue weighted by atomic mass is 19.1. The van der Waals surface area contributed by atoms with Crippen molar-refractivity contribution in [3.8, 4) is 11.8 Å². The number of halogens is 1. The molecule has 2 aliphatic rings. The molecule has 0 radical (unpaired) electrons. The predicted molar refractivity (Wildman–Crippen MR) is 115 cm³/mol. The molecule has 6 rings (SSSR count). The quantitative estimate of drug-likeness (QED) is 0.463. The Kier molecular flexibility index (Phi) is 3.97. The van der Waals surface area contributed by atoms with Crippen molar-refractivity contribution in [1.82, 2.24) is 30.2 Å². The van der Waals surface area contributed by atoms with Crippen LogP contribution in [-0.4, -0.2) is 57.6 Å². The number of benzene rings is 1. The minimum absolute atomic E-state index is 0.195. The van der Waals surface area contributed by atoms with Gasteiger partial charge in [0.1, 0.15) is 23.1 Å². The van der Waals surface area contributed by atoms with Crippen LogP contribution in [0.4, 0.5) is 15.9 Å². The zero-order valence-corrected chi connectivity index (χ0v) is 17.1. The highest BCUT2D eigenvalue weighted by molar-refractivity contribution is 6.14. The number of hydrogen-bond acceptors (Lipinski definition) is 8. The van der Waals surface area contributed by atoms with Crippen LogP contribution in [0.3, 0.4) is 0 Å². The molecule has 2 aliphatic heterocycles. The van der Waals surface area contributed by atoms with E-state index in [1.165, 1.54) is 12.1 Å². The van der Waals surface area contributed by atoms with Crippen molar-refractivity contribution in [2.24, 2.45) is 5.92 Å². The molecule has 4 aromatic rings. The molecule has 2 fully saturated rings. The number of rotatable bonds is 4. The van der Waals surface area contributed by atoms with Gasteiger partial charge in [-0.15, -0.1) is 0 Å². The summed E-state index contributed by atoms with van der Waals surface area (Å²) < 4.78 is 20.3. The zero-order valence-electron chi connectivity index (χ0n) is 17.1. The second-order valence-corrected chi connectivity index (χ2v) is 8.05. The molecule has 3 N–H and O–H groups in total. The summed E-state index contributed by atoms with van der Waals surface area (Å²) in [5, 5.41) is 8.05. The third-order valence-electron chi connectivity index (χ3n) is 6.10. The SMILES string of the molecule is CNc1cc(F)cc2c1[nH]c1nc(Oc3cnc(C)nc3)nc(N3CC4CNC4C3)c12. The van der Waals surface area contributed by atoms with Crippen LogP contribution < -0.4 is 20.3 Å². The number of nitrogens with one attached hydrogen (secondary N) is 3. The molecule has 5 heterocycles. The number of ether oxygens (including phenoxy) is 1. The first-order valence-electron chi connectivity index (χ1n) is 10.2. The summed E-state index contributed by atoms with van der Waals surface area (Å²) in [6.45, 7) is 4.54. The van der Waals surface area contributed by atoms with Crippen molar-refractivity contribution < 1.29 is 9.13 Å². The van der Waals surface area contributed by atoms with Gasteiger partial charge in [0.2, 0.25) is 0 Å². The maximum atomic E-state index is 14.4. The standard InChI is InChI=1S/C21H21FN8O/c1-10-24-6-13(7-25-10)31-21-28-19-17(14-3-12(22)4-15(23-2)18(14)27-19)20(29-21)30-8-11-5-26-16(11)9-30/h3-4,6-7,11,16,23,26H,5,8-9H2,1-2H3,(H,27,28,29). The summed E-state index contributed by atoms with van der Waals surface area (Å²) in [5.74, 6) is 2.13. The third kappa shape index (κ3) is 2.94. The van der Waals surface area contributed by atoms with Crippen molar-refractivity contribution in [3.05, 3.63) is 36.2 Å². The second kappa shape index (κ2) is 6.74. The van der Waals surface area contributed by atoms with Gasteiger partial charge in [-0.2, -0.15) is 9.97 Å². The molecular weight excluding hydrogens is 399 g/mol. The Morgan fingerprint density at radius 2 is 2.03 bits per heavy atom. The molecule has 0 aliphatic carbocycles. The van der Waals surface area contributed by atoms with E-state index in [1.54, 1.807) is 19.4 Å². The van der Waals surface area contributed by atoms with Gasteiger partial charge in [-0.25, -0.2) is 14.4 Å². The minimum Gasteiger partial charge on any atom is -0.421 e. The third-order valence-corrected chi connectivity index (χ3v) is 6.10. The molecule has 3 aromatic heterocycles. The lowest BCUT2D eigenvalue weighted by molar-refractivity contribution is 0.297. The van der Waals surface area contributed by atoms with Gasteiger partial charge >= 0.3 is 6.01 Å². The minimum atomic E-state index is -0.316. The van der Waals surface area contributed by atoms with E-state index in [1.807, 2.05) is 6.92 Å². The predicted octanol–water partition coefficient (Wildman–Crippen LogP) is 2.59. The van der Waals surface area contributed by atoms with Gasteiger partial charge in [0.25, 0.3) is 0 Å². The van der Waals surface area contributed by atoms with Crippen LogP contribution in [-0.2, 0) is 0 Å². The van der Waals surface area contributed by atoms with Crippen molar-refractivity contribution in [3.63, 3.8) is 0 Å². The van der Waals surface area contributed by atoms with Crippen LogP contribution in [0.25, 0.3) is 21.9 Å². The highest BCUT2D eigenvalue weighted by Gasteiger charge is 2.40. The van der Waals surface area contributed by atoms with Gasteiger partial charge in [-0.3, -0.25) is 0 Å². The molecule has 2 saturated heterocycles. The van der Waals surface area contributed by atoms with Crippen LogP contribution in [0.5, 0.6) is 11.8 Å². The Balaban J connectivity index is 1.54. The Morgan fingerprint density at radius 3 is 2.71 bits per heavy atom. The average Bonchev–Trinajstić information content (AvgIpc) is 3.25. The Labute approximate surface area is 177 Å². The van der Waals surface area contributed by atoms with Crippen molar-refractivity contribution in [2.45, 2.75) is 13.0 Å². The maximum absolute atomic E-state index is 14.4. The molecule has 0 spiro atoms. The number of aryl methyl sites for hydroxylation is 1. The first-order chi connectivity index (χ1) is 15.1. The normalized spacial score (nSPS) is 20.2. The summed E-state index contributed by atoms with van der Waals surface area (Å²) in [4.78, 5) is 23.2. The lowest BCUT2D eigenvalue weighted by Gasteiger charge is -2.29. The molecule has 9 nitrogen and oxygen atoms in total. The number of fused-ring (bicyclic) bond motifs is 4. The van der Waals surface area contributed by atoms with Gasteiger partial charge in [0.15, 0.2) is 5.75 Å². The van der Waals surface area contributed by atoms with Crippen LogP contribution in [0, 0.1) is 18.7 Å². The fourth-order valence-corrected chi connectivity index (χ4v) is 4.46. The number of nitrogens with zero attached hydrogens (tertiary/aromatic N) is 5. The molecule has 10 heteroatoms. The summed E-state index contributed by atoms with van der Waals surface area (Å²) >= 11 is 0. The Hall–Kier alpha value is -3.53. The molecule has 0 bridgehead atoms. The molecule has 1 aromatic carbocycles. The smallest absolute Gasteiger partial charge is 0.326 e. The van der Waals surface area contributed by atoms with E-state index in [9.17, 15) is 4.39 Å². The highest BCUT2D eigenvalue weighted by Crippen LogP contribution is 2.39. The van der Waals surface area contributed by atoms with E-state index in [0.29, 0.717) is 34.9 Å².